The Hall–Kier alpha value is -1.88. The first-order valence-corrected chi connectivity index (χ1v) is 8.76. The molecule has 1 aromatic rings. The first-order valence-electron chi connectivity index (χ1n) is 8.76. The number of carbonyl (C=O) groups is 2. The van der Waals surface area contributed by atoms with E-state index in [-0.39, 0.29) is 17.7 Å². The van der Waals surface area contributed by atoms with E-state index in [2.05, 4.69) is 29.4 Å². The Kier molecular flexibility index (Phi) is 8.47. The van der Waals surface area contributed by atoms with Crippen molar-refractivity contribution in [2.45, 2.75) is 40.7 Å². The van der Waals surface area contributed by atoms with Crippen LogP contribution >= 0.6 is 0 Å². The number of hydrogen-bond acceptors (Lipinski definition) is 3. The Morgan fingerprint density at radius 2 is 1.67 bits per heavy atom. The van der Waals surface area contributed by atoms with Gasteiger partial charge in [-0.1, -0.05) is 45.4 Å². The minimum atomic E-state index is -0.532. The van der Waals surface area contributed by atoms with Crippen molar-refractivity contribution in [3.63, 3.8) is 0 Å². The van der Waals surface area contributed by atoms with Gasteiger partial charge < -0.3 is 15.5 Å². The predicted octanol–water partition coefficient (Wildman–Crippen LogP) is 2.21. The molecule has 5 heteroatoms. The number of benzene rings is 1. The largest absolute Gasteiger partial charge is 0.353 e. The van der Waals surface area contributed by atoms with Crippen molar-refractivity contribution in [3.8, 4) is 0 Å². The van der Waals surface area contributed by atoms with Crippen LogP contribution in [0.4, 0.5) is 0 Å². The van der Waals surface area contributed by atoms with Gasteiger partial charge in [-0.15, -0.1) is 0 Å². The van der Waals surface area contributed by atoms with E-state index in [0.717, 1.165) is 25.2 Å². The lowest BCUT2D eigenvalue weighted by Crippen LogP contribution is -2.50. The van der Waals surface area contributed by atoms with Crippen LogP contribution < -0.4 is 10.6 Å². The summed E-state index contributed by atoms with van der Waals surface area (Å²) in [5, 5.41) is 5.79. The Bertz CT molecular complexity index is 522. The Morgan fingerprint density at radius 1 is 1.08 bits per heavy atom. The molecule has 0 aliphatic carbocycles. The van der Waals surface area contributed by atoms with Gasteiger partial charge in [0.05, 0.1) is 0 Å². The van der Waals surface area contributed by atoms with Gasteiger partial charge in [-0.2, -0.15) is 0 Å². The molecule has 0 aromatic heterocycles. The van der Waals surface area contributed by atoms with Gasteiger partial charge >= 0.3 is 0 Å². The van der Waals surface area contributed by atoms with Gasteiger partial charge in [-0.3, -0.25) is 9.59 Å². The van der Waals surface area contributed by atoms with Gasteiger partial charge in [-0.25, -0.2) is 0 Å². The Labute approximate surface area is 145 Å². The average Bonchev–Trinajstić information content (AvgIpc) is 2.56. The molecular formula is C19H31N3O2. The third-order valence-electron chi connectivity index (χ3n) is 4.17. The van der Waals surface area contributed by atoms with E-state index in [9.17, 15) is 9.59 Å². The molecule has 0 saturated heterocycles. The van der Waals surface area contributed by atoms with Gasteiger partial charge in [0.2, 0.25) is 5.91 Å². The van der Waals surface area contributed by atoms with E-state index in [1.807, 2.05) is 32.9 Å². The molecule has 1 aromatic carbocycles. The maximum Gasteiger partial charge on any atom is 0.251 e. The van der Waals surface area contributed by atoms with Gasteiger partial charge in [0.15, 0.2) is 0 Å². The van der Waals surface area contributed by atoms with Crippen molar-refractivity contribution < 1.29 is 9.59 Å². The van der Waals surface area contributed by atoms with Gasteiger partial charge in [0.1, 0.15) is 6.04 Å². The second-order valence-corrected chi connectivity index (χ2v) is 6.38. The van der Waals surface area contributed by atoms with Crippen LogP contribution in [0.2, 0.25) is 0 Å². The van der Waals surface area contributed by atoms with E-state index in [1.54, 1.807) is 12.1 Å². The summed E-state index contributed by atoms with van der Waals surface area (Å²) in [6.45, 7) is 13.4. The number of amides is 2. The molecule has 0 spiro atoms. The van der Waals surface area contributed by atoms with Crippen LogP contribution in [-0.2, 0) is 4.79 Å². The lowest BCUT2D eigenvalue weighted by molar-refractivity contribution is -0.124. The monoisotopic (exact) mass is 333 g/mol. The van der Waals surface area contributed by atoms with Crippen LogP contribution in [0.15, 0.2) is 24.3 Å². The van der Waals surface area contributed by atoms with Crippen molar-refractivity contribution in [1.82, 2.24) is 15.5 Å². The van der Waals surface area contributed by atoms with E-state index >= 15 is 0 Å². The molecule has 0 radical (unpaired) electrons. The summed E-state index contributed by atoms with van der Waals surface area (Å²) in [5.74, 6) is -0.321. The molecule has 0 bridgehead atoms. The van der Waals surface area contributed by atoms with Crippen molar-refractivity contribution in [3.05, 3.63) is 35.4 Å². The number of aryl methyl sites for hydroxylation is 1. The molecule has 2 amide bonds. The molecule has 0 unspecified atom stereocenters. The van der Waals surface area contributed by atoms with Crippen LogP contribution in [0.5, 0.6) is 0 Å². The molecule has 134 valence electrons. The standard InChI is InChI=1S/C19H31N3O2/c1-6-22(7-2)13-12-20-19(24)17(14(3)4)21-18(23)16-10-8-15(5)9-11-16/h8-11,14,17H,6-7,12-13H2,1-5H3,(H,20,24)(H,21,23)/t17-/m0/s1. The molecule has 5 nitrogen and oxygen atoms in total. The predicted molar refractivity (Wildman–Crippen MR) is 98.1 cm³/mol. The summed E-state index contributed by atoms with van der Waals surface area (Å²) in [6, 6.07) is 6.81. The molecule has 0 saturated carbocycles. The third-order valence-corrected chi connectivity index (χ3v) is 4.17. The lowest BCUT2D eigenvalue weighted by Gasteiger charge is -2.23. The zero-order valence-electron chi connectivity index (χ0n) is 15.6. The quantitative estimate of drug-likeness (QED) is 0.728. The first-order chi connectivity index (χ1) is 11.4. The van der Waals surface area contributed by atoms with Crippen LogP contribution in [0, 0.1) is 12.8 Å². The number of likely N-dealkylation sites (N-methyl/N-ethyl adjacent to an activating group) is 1. The van der Waals surface area contributed by atoms with E-state index < -0.39 is 6.04 Å². The number of carbonyl (C=O) groups excluding carboxylic acids is 2. The van der Waals surface area contributed by atoms with Crippen molar-refractivity contribution in [1.29, 1.82) is 0 Å². The fourth-order valence-corrected chi connectivity index (χ4v) is 2.45. The summed E-state index contributed by atoms with van der Waals surface area (Å²) in [5.41, 5.74) is 1.67. The van der Waals surface area contributed by atoms with E-state index in [1.165, 1.54) is 0 Å². The number of nitrogens with zero attached hydrogens (tertiary/aromatic N) is 1. The summed E-state index contributed by atoms with van der Waals surface area (Å²) >= 11 is 0. The first kappa shape index (κ1) is 20.2. The van der Waals surface area contributed by atoms with E-state index in [0.29, 0.717) is 12.1 Å². The zero-order chi connectivity index (χ0) is 18.1. The molecule has 0 aliphatic rings. The molecule has 2 N–H and O–H groups in total. The fraction of sp³-hybridized carbons (Fsp3) is 0.579. The van der Waals surface area contributed by atoms with Crippen LogP contribution in [-0.4, -0.2) is 48.9 Å². The minimum absolute atomic E-state index is 0.0212. The van der Waals surface area contributed by atoms with Crippen molar-refractivity contribution in [2.24, 2.45) is 5.92 Å². The van der Waals surface area contributed by atoms with Gasteiger partial charge in [0.25, 0.3) is 5.91 Å². The maximum atomic E-state index is 12.4. The average molecular weight is 333 g/mol. The fourth-order valence-electron chi connectivity index (χ4n) is 2.45. The molecule has 1 rings (SSSR count). The van der Waals surface area contributed by atoms with Crippen molar-refractivity contribution >= 4 is 11.8 Å². The molecule has 0 fully saturated rings. The number of rotatable bonds is 9. The minimum Gasteiger partial charge on any atom is -0.353 e. The van der Waals surface area contributed by atoms with Crippen molar-refractivity contribution in [2.75, 3.05) is 26.2 Å². The number of hydrogen-bond donors (Lipinski definition) is 2. The number of nitrogens with one attached hydrogen (secondary N) is 2. The second-order valence-electron chi connectivity index (χ2n) is 6.38. The molecule has 24 heavy (non-hydrogen) atoms. The van der Waals surface area contributed by atoms with Crippen LogP contribution in [0.1, 0.15) is 43.6 Å². The normalized spacial score (nSPS) is 12.3. The highest BCUT2D eigenvalue weighted by Gasteiger charge is 2.24. The lowest BCUT2D eigenvalue weighted by atomic mass is 10.0. The topological polar surface area (TPSA) is 61.4 Å². The van der Waals surface area contributed by atoms with Gasteiger partial charge in [0, 0.05) is 18.7 Å². The Morgan fingerprint density at radius 3 is 2.17 bits per heavy atom. The SMILES string of the molecule is CCN(CC)CCNC(=O)[C@@H](NC(=O)c1ccc(C)cc1)C(C)C. The summed E-state index contributed by atoms with van der Waals surface area (Å²) < 4.78 is 0. The summed E-state index contributed by atoms with van der Waals surface area (Å²) in [7, 11) is 0. The molecule has 0 aliphatic heterocycles. The van der Waals surface area contributed by atoms with E-state index in [4.69, 9.17) is 0 Å². The highest BCUT2D eigenvalue weighted by atomic mass is 16.2. The maximum absolute atomic E-state index is 12.4. The third kappa shape index (κ3) is 6.32. The summed E-state index contributed by atoms with van der Waals surface area (Å²) in [6.07, 6.45) is 0. The second kappa shape index (κ2) is 10.1. The highest BCUT2D eigenvalue weighted by Crippen LogP contribution is 2.07. The van der Waals surface area contributed by atoms with Gasteiger partial charge in [-0.05, 0) is 38.1 Å². The molecule has 0 heterocycles. The zero-order valence-corrected chi connectivity index (χ0v) is 15.6. The smallest absolute Gasteiger partial charge is 0.251 e. The molecular weight excluding hydrogens is 302 g/mol. The summed E-state index contributed by atoms with van der Waals surface area (Å²) in [4.78, 5) is 27.0. The van der Waals surface area contributed by atoms with Crippen LogP contribution in [0.3, 0.4) is 0 Å². The molecule has 1 atom stereocenters. The highest BCUT2D eigenvalue weighted by molar-refractivity contribution is 5.97. The van der Waals surface area contributed by atoms with Crippen LogP contribution in [0.25, 0.3) is 0 Å². The Balaban J connectivity index is 2.60.